The molecule has 0 unspecified atom stereocenters. The van der Waals surface area contributed by atoms with Gasteiger partial charge in [0.05, 0.1) is 13.2 Å². The summed E-state index contributed by atoms with van der Waals surface area (Å²) in [5, 5.41) is 2.17. The third-order valence-electron chi connectivity index (χ3n) is 2.45. The van der Waals surface area contributed by atoms with Gasteiger partial charge in [-0.2, -0.15) is 0 Å². The fourth-order valence-corrected chi connectivity index (χ4v) is 1.67. The van der Waals surface area contributed by atoms with Crippen molar-refractivity contribution in [2.75, 3.05) is 13.2 Å². The third kappa shape index (κ3) is 1.87. The van der Waals surface area contributed by atoms with Crippen LogP contribution in [-0.4, -0.2) is 19.7 Å². The second-order valence-corrected chi connectivity index (χ2v) is 3.56. The van der Waals surface area contributed by atoms with E-state index >= 15 is 0 Å². The molecular weight excluding hydrogens is 204 g/mol. The normalized spacial score (nSPS) is 16.8. The Morgan fingerprint density at radius 1 is 1.06 bits per heavy atom. The molecule has 0 spiro atoms. The molecule has 2 aromatic rings. The molecule has 0 aliphatic carbocycles. The van der Waals surface area contributed by atoms with Crippen LogP contribution >= 0.6 is 0 Å². The molecule has 16 heavy (non-hydrogen) atoms. The molecule has 3 heteroatoms. The maximum absolute atomic E-state index is 5.48. The van der Waals surface area contributed by atoms with Crippen LogP contribution in [0, 0.1) is 6.07 Å². The van der Waals surface area contributed by atoms with Crippen LogP contribution in [0.15, 0.2) is 36.4 Å². The molecule has 1 fully saturated rings. The Morgan fingerprint density at radius 2 is 1.88 bits per heavy atom. The zero-order valence-corrected chi connectivity index (χ0v) is 8.68. The quantitative estimate of drug-likeness (QED) is 0.769. The van der Waals surface area contributed by atoms with E-state index in [0.717, 1.165) is 10.8 Å². The molecule has 0 N–H and O–H groups in total. The SMILES string of the molecule is [c]1c(OC2OCCO2)ccc2ccccc12. The molecule has 1 aliphatic rings. The molecular formula is C13H11O3. The van der Waals surface area contributed by atoms with E-state index in [1.54, 1.807) is 0 Å². The molecule has 1 aliphatic heterocycles. The van der Waals surface area contributed by atoms with Gasteiger partial charge in [-0.25, -0.2) is 0 Å². The van der Waals surface area contributed by atoms with Crippen molar-refractivity contribution < 1.29 is 14.2 Å². The summed E-state index contributed by atoms with van der Waals surface area (Å²) >= 11 is 0. The first-order chi connectivity index (χ1) is 7.92. The minimum absolute atomic E-state index is 0.582. The second-order valence-electron chi connectivity index (χ2n) is 3.56. The summed E-state index contributed by atoms with van der Waals surface area (Å²) in [6.07, 6.45) is 0. The summed E-state index contributed by atoms with van der Waals surface area (Å²) in [4.78, 5) is 0. The van der Waals surface area contributed by atoms with E-state index in [0.29, 0.717) is 19.0 Å². The summed E-state index contributed by atoms with van der Waals surface area (Å²) in [6.45, 7) is 0.577. The van der Waals surface area contributed by atoms with Crippen LogP contribution in [-0.2, 0) is 9.47 Å². The highest BCUT2D eigenvalue weighted by atomic mass is 16.9. The number of hydrogen-bond acceptors (Lipinski definition) is 3. The molecule has 0 saturated carbocycles. The average Bonchev–Trinajstić information content (AvgIpc) is 2.82. The first kappa shape index (κ1) is 9.63. The fraction of sp³-hybridized carbons (Fsp3) is 0.231. The van der Waals surface area contributed by atoms with E-state index in [-0.39, 0.29) is 0 Å². The number of hydrogen-bond donors (Lipinski definition) is 0. The smallest absolute Gasteiger partial charge is 0.316 e. The highest BCUT2D eigenvalue weighted by Crippen LogP contribution is 2.21. The van der Waals surface area contributed by atoms with Gasteiger partial charge in [-0.05, 0) is 16.8 Å². The van der Waals surface area contributed by atoms with E-state index in [4.69, 9.17) is 14.2 Å². The van der Waals surface area contributed by atoms with Gasteiger partial charge in [0.25, 0.3) is 0 Å². The minimum Gasteiger partial charge on any atom is -0.441 e. The third-order valence-corrected chi connectivity index (χ3v) is 2.45. The molecule has 0 bridgehead atoms. The van der Waals surface area contributed by atoms with Crippen molar-refractivity contribution in [2.24, 2.45) is 0 Å². The molecule has 1 heterocycles. The number of rotatable bonds is 2. The highest BCUT2D eigenvalue weighted by Gasteiger charge is 2.17. The van der Waals surface area contributed by atoms with E-state index in [2.05, 4.69) is 6.07 Å². The van der Waals surface area contributed by atoms with E-state index in [9.17, 15) is 0 Å². The minimum atomic E-state index is -0.586. The molecule has 0 amide bonds. The van der Waals surface area contributed by atoms with Crippen LogP contribution in [0.4, 0.5) is 0 Å². The lowest BCUT2D eigenvalue weighted by molar-refractivity contribution is -0.176. The molecule has 3 rings (SSSR count). The lowest BCUT2D eigenvalue weighted by Gasteiger charge is -2.11. The van der Waals surface area contributed by atoms with Crippen molar-refractivity contribution in [3.8, 4) is 5.75 Å². The second kappa shape index (κ2) is 4.12. The fourth-order valence-electron chi connectivity index (χ4n) is 1.67. The topological polar surface area (TPSA) is 27.7 Å². The summed E-state index contributed by atoms with van der Waals surface area (Å²) in [5.74, 6) is 0.644. The van der Waals surface area contributed by atoms with Crippen molar-refractivity contribution in [3.63, 3.8) is 0 Å². The maximum atomic E-state index is 5.48. The Morgan fingerprint density at radius 3 is 2.75 bits per heavy atom. The van der Waals surface area contributed by atoms with Crippen LogP contribution in [0.25, 0.3) is 10.8 Å². The molecule has 0 aromatic heterocycles. The van der Waals surface area contributed by atoms with Gasteiger partial charge in [-0.3, -0.25) is 0 Å². The van der Waals surface area contributed by atoms with Crippen LogP contribution in [0.5, 0.6) is 5.75 Å². The Bertz CT molecular complexity index is 489. The Hall–Kier alpha value is -1.58. The summed E-state index contributed by atoms with van der Waals surface area (Å²) in [6, 6.07) is 15.1. The van der Waals surface area contributed by atoms with Crippen LogP contribution in [0.1, 0.15) is 0 Å². The number of benzene rings is 2. The lowest BCUT2D eigenvalue weighted by Crippen LogP contribution is -2.16. The molecule has 1 radical (unpaired) electrons. The average molecular weight is 215 g/mol. The van der Waals surface area contributed by atoms with Crippen molar-refractivity contribution >= 4 is 10.8 Å². The van der Waals surface area contributed by atoms with Gasteiger partial charge in [0.2, 0.25) is 0 Å². The van der Waals surface area contributed by atoms with Gasteiger partial charge >= 0.3 is 6.48 Å². The van der Waals surface area contributed by atoms with E-state index in [1.165, 1.54) is 0 Å². The van der Waals surface area contributed by atoms with E-state index < -0.39 is 6.48 Å². The van der Waals surface area contributed by atoms with Gasteiger partial charge in [0, 0.05) is 6.07 Å². The molecule has 2 aromatic carbocycles. The zero-order chi connectivity index (χ0) is 10.8. The number of ether oxygens (including phenoxy) is 3. The van der Waals surface area contributed by atoms with Crippen LogP contribution < -0.4 is 4.74 Å². The Balaban J connectivity index is 1.86. The first-order valence-corrected chi connectivity index (χ1v) is 5.23. The summed E-state index contributed by atoms with van der Waals surface area (Å²) < 4.78 is 15.9. The number of fused-ring (bicyclic) bond motifs is 1. The van der Waals surface area contributed by atoms with E-state index in [1.807, 2.05) is 36.4 Å². The Labute approximate surface area is 93.5 Å². The summed E-state index contributed by atoms with van der Waals surface area (Å²) in [7, 11) is 0. The standard InChI is InChI=1S/C13H11O3/c1-2-4-11-9-12(6-5-10(11)3-1)16-13-14-7-8-15-13/h1-6,13H,7-8H2. The Kier molecular flexibility index (Phi) is 2.48. The van der Waals surface area contributed by atoms with Gasteiger partial charge in [0.1, 0.15) is 5.75 Å². The predicted octanol–water partition coefficient (Wildman–Crippen LogP) is 2.35. The zero-order valence-electron chi connectivity index (χ0n) is 8.68. The van der Waals surface area contributed by atoms with Crippen molar-refractivity contribution in [2.45, 2.75) is 6.48 Å². The predicted molar refractivity (Wildman–Crippen MR) is 59.1 cm³/mol. The molecule has 1 saturated heterocycles. The van der Waals surface area contributed by atoms with Crippen LogP contribution in [0.2, 0.25) is 0 Å². The van der Waals surface area contributed by atoms with Crippen molar-refractivity contribution in [3.05, 3.63) is 42.5 Å². The summed E-state index contributed by atoms with van der Waals surface area (Å²) in [5.41, 5.74) is 0. The van der Waals surface area contributed by atoms with Crippen molar-refractivity contribution in [1.29, 1.82) is 0 Å². The largest absolute Gasteiger partial charge is 0.441 e. The van der Waals surface area contributed by atoms with Gasteiger partial charge in [0.15, 0.2) is 0 Å². The van der Waals surface area contributed by atoms with Crippen molar-refractivity contribution in [1.82, 2.24) is 0 Å². The van der Waals surface area contributed by atoms with Gasteiger partial charge < -0.3 is 14.2 Å². The van der Waals surface area contributed by atoms with Gasteiger partial charge in [-0.15, -0.1) is 0 Å². The molecule has 0 atom stereocenters. The monoisotopic (exact) mass is 215 g/mol. The lowest BCUT2D eigenvalue weighted by atomic mass is 10.1. The first-order valence-electron chi connectivity index (χ1n) is 5.23. The van der Waals surface area contributed by atoms with Crippen LogP contribution in [0.3, 0.4) is 0 Å². The maximum Gasteiger partial charge on any atom is 0.316 e. The molecule has 81 valence electrons. The molecule has 3 nitrogen and oxygen atoms in total. The van der Waals surface area contributed by atoms with Gasteiger partial charge in [-0.1, -0.05) is 30.3 Å². The highest BCUT2D eigenvalue weighted by molar-refractivity contribution is 5.83.